The van der Waals surface area contributed by atoms with Gasteiger partial charge < -0.3 is 15.2 Å². The van der Waals surface area contributed by atoms with Crippen LogP contribution < -0.4 is 5.32 Å². The van der Waals surface area contributed by atoms with Gasteiger partial charge in [-0.1, -0.05) is 6.07 Å². The van der Waals surface area contributed by atoms with Gasteiger partial charge in [0.1, 0.15) is 12.1 Å². The number of fused-ring (bicyclic) bond motifs is 1. The molecule has 3 atom stereocenters. The molecule has 3 unspecified atom stereocenters. The molecule has 1 aromatic carbocycles. The highest BCUT2D eigenvalue weighted by atomic mass is 32.1. The topological polar surface area (TPSA) is 117 Å². The van der Waals surface area contributed by atoms with Gasteiger partial charge in [0, 0.05) is 35.4 Å². The minimum Gasteiger partial charge on any atom is -0.481 e. The number of carbonyl (C=O) groups is 2. The van der Waals surface area contributed by atoms with E-state index in [1.807, 2.05) is 0 Å². The van der Waals surface area contributed by atoms with Crippen LogP contribution in [-0.4, -0.2) is 88.7 Å². The van der Waals surface area contributed by atoms with Crippen LogP contribution >= 0.6 is 11.3 Å². The SMILES string of the molecule is CCOC(=O)C1=C(CN2CC(F)(F)C3C2CON3CCC(C)(C)C(=O)O)NC(c2nc(C)cs2)=NC1c1ccc(F)c(F)c1F. The fraction of sp³-hybridized carbons (Fsp3) is 0.517. The number of carboxylic acids is 1. The van der Waals surface area contributed by atoms with Crippen LogP contribution in [0.3, 0.4) is 0 Å². The molecule has 0 spiro atoms. The summed E-state index contributed by atoms with van der Waals surface area (Å²) in [7, 11) is 0. The fourth-order valence-corrected chi connectivity index (χ4v) is 6.36. The highest BCUT2D eigenvalue weighted by Gasteiger charge is 2.61. The maximum Gasteiger partial charge on any atom is 0.338 e. The summed E-state index contributed by atoms with van der Waals surface area (Å²) < 4.78 is 79.9. The minimum absolute atomic E-state index is 0.0438. The van der Waals surface area contributed by atoms with E-state index in [1.165, 1.54) is 37.0 Å². The number of alkyl halides is 2. The first kappa shape index (κ1) is 32.9. The third-order valence-corrected chi connectivity index (χ3v) is 9.07. The van der Waals surface area contributed by atoms with E-state index in [4.69, 9.17) is 9.57 Å². The Bertz CT molecular complexity index is 1560. The van der Waals surface area contributed by atoms with Gasteiger partial charge in [-0.05, 0) is 40.2 Å². The highest BCUT2D eigenvalue weighted by Crippen LogP contribution is 2.42. The lowest BCUT2D eigenvalue weighted by Gasteiger charge is -2.30. The van der Waals surface area contributed by atoms with Gasteiger partial charge in [0.25, 0.3) is 5.92 Å². The van der Waals surface area contributed by atoms with Crippen molar-refractivity contribution >= 4 is 29.1 Å². The van der Waals surface area contributed by atoms with E-state index in [1.54, 1.807) is 12.3 Å². The molecule has 244 valence electrons. The molecule has 2 fully saturated rings. The number of amidine groups is 1. The van der Waals surface area contributed by atoms with E-state index in [9.17, 15) is 23.5 Å². The molecule has 10 nitrogen and oxygen atoms in total. The largest absolute Gasteiger partial charge is 0.481 e. The normalized spacial score (nSPS) is 23.6. The molecule has 0 amide bonds. The molecule has 5 rings (SSSR count). The van der Waals surface area contributed by atoms with Gasteiger partial charge in [0.15, 0.2) is 28.3 Å². The van der Waals surface area contributed by atoms with Crippen LogP contribution in [0.1, 0.15) is 49.5 Å². The number of aryl methyl sites for hydroxylation is 1. The number of aliphatic imine (C=N–C) groups is 1. The first-order valence-corrected chi connectivity index (χ1v) is 15.1. The molecule has 16 heteroatoms. The van der Waals surface area contributed by atoms with Crippen LogP contribution in [0.15, 0.2) is 33.8 Å². The van der Waals surface area contributed by atoms with Crippen molar-refractivity contribution in [1.82, 2.24) is 20.3 Å². The summed E-state index contributed by atoms with van der Waals surface area (Å²) in [6.07, 6.45) is 0.0515. The van der Waals surface area contributed by atoms with Crippen LogP contribution in [0.25, 0.3) is 0 Å². The third-order valence-electron chi connectivity index (χ3n) is 8.10. The lowest BCUT2D eigenvalue weighted by Crippen LogP contribution is -2.46. The predicted octanol–water partition coefficient (Wildman–Crippen LogP) is 4.21. The molecule has 2 N–H and O–H groups in total. The molecule has 0 radical (unpaired) electrons. The number of esters is 1. The number of likely N-dealkylation sites (tertiary alicyclic amines) is 1. The number of carboxylic acid groups (broad SMARTS) is 1. The number of hydroxylamine groups is 2. The Morgan fingerprint density at radius 2 is 1.98 bits per heavy atom. The summed E-state index contributed by atoms with van der Waals surface area (Å²) in [5, 5.41) is 15.6. The number of hydrogen-bond acceptors (Lipinski definition) is 10. The molecule has 0 bridgehead atoms. The standard InChI is InChI=1S/C29H32F5N5O5S/c1-5-43-26(40)19-17(10-38-13-29(33,34)23-18(38)11-44-39(23)9-8-28(3,4)27(41)42)36-24(25-35-14(2)12-45-25)37-22(19)15-6-7-16(30)21(32)20(15)31/h6-7,12,18,22-23H,5,8-11,13H2,1-4H3,(H,36,37)(H,41,42). The lowest BCUT2D eigenvalue weighted by molar-refractivity contribution is -0.186. The molecule has 1 aromatic heterocycles. The zero-order valence-electron chi connectivity index (χ0n) is 24.9. The van der Waals surface area contributed by atoms with Gasteiger partial charge in [-0.15, -0.1) is 11.3 Å². The van der Waals surface area contributed by atoms with Crippen molar-refractivity contribution in [3.05, 3.63) is 62.5 Å². The van der Waals surface area contributed by atoms with Gasteiger partial charge in [-0.25, -0.2) is 31.7 Å². The number of aromatic nitrogens is 1. The number of thiazole rings is 1. The first-order valence-electron chi connectivity index (χ1n) is 14.2. The Morgan fingerprint density at radius 1 is 1.24 bits per heavy atom. The van der Waals surface area contributed by atoms with E-state index >= 15 is 13.2 Å². The minimum atomic E-state index is -3.29. The predicted molar refractivity (Wildman–Crippen MR) is 152 cm³/mol. The van der Waals surface area contributed by atoms with Crippen LogP contribution in [-0.2, 0) is 19.2 Å². The molecule has 2 saturated heterocycles. The molecule has 0 aliphatic carbocycles. The number of hydrogen-bond donors (Lipinski definition) is 2. The third kappa shape index (κ3) is 6.33. The van der Waals surface area contributed by atoms with E-state index in [0.29, 0.717) is 16.8 Å². The summed E-state index contributed by atoms with van der Waals surface area (Å²) in [6, 6.07) is -2.12. The maximum atomic E-state index is 15.6. The summed E-state index contributed by atoms with van der Waals surface area (Å²) in [5.74, 6) is -9.98. The second-order valence-corrected chi connectivity index (χ2v) is 12.6. The van der Waals surface area contributed by atoms with Crippen molar-refractivity contribution in [2.45, 2.75) is 58.2 Å². The van der Waals surface area contributed by atoms with E-state index in [-0.39, 0.29) is 49.8 Å². The smallest absolute Gasteiger partial charge is 0.338 e. The average molecular weight is 658 g/mol. The van der Waals surface area contributed by atoms with E-state index in [2.05, 4.69) is 15.3 Å². The van der Waals surface area contributed by atoms with Crippen molar-refractivity contribution in [3.8, 4) is 0 Å². The van der Waals surface area contributed by atoms with Gasteiger partial charge in [0.05, 0.1) is 36.8 Å². The zero-order chi connectivity index (χ0) is 32.8. The summed E-state index contributed by atoms with van der Waals surface area (Å²) in [5.41, 5.74) is -1.21. The number of ether oxygens (including phenoxy) is 1. The number of benzene rings is 1. The van der Waals surface area contributed by atoms with Crippen molar-refractivity contribution in [2.75, 3.05) is 32.8 Å². The Balaban J connectivity index is 1.53. The molecular weight excluding hydrogens is 625 g/mol. The Morgan fingerprint density at radius 3 is 2.62 bits per heavy atom. The van der Waals surface area contributed by atoms with Crippen molar-refractivity contribution in [3.63, 3.8) is 0 Å². The second-order valence-electron chi connectivity index (χ2n) is 11.7. The molecule has 4 heterocycles. The van der Waals surface area contributed by atoms with Gasteiger partial charge >= 0.3 is 11.9 Å². The number of rotatable bonds is 10. The number of aliphatic carboxylic acids is 1. The summed E-state index contributed by atoms with van der Waals surface area (Å²) >= 11 is 1.18. The summed E-state index contributed by atoms with van der Waals surface area (Å²) in [6.45, 7) is 4.94. The van der Waals surface area contributed by atoms with Crippen molar-refractivity contribution in [2.24, 2.45) is 10.4 Å². The molecule has 0 saturated carbocycles. The number of halogens is 5. The average Bonchev–Trinajstić information content (AvgIpc) is 3.67. The molecule has 3 aliphatic heterocycles. The quantitative estimate of drug-likeness (QED) is 0.220. The number of nitrogens with zero attached hydrogens (tertiary/aromatic N) is 4. The van der Waals surface area contributed by atoms with Gasteiger partial charge in [-0.2, -0.15) is 5.06 Å². The maximum absolute atomic E-state index is 15.6. The fourth-order valence-electron chi connectivity index (χ4n) is 5.61. The second kappa shape index (κ2) is 12.4. The van der Waals surface area contributed by atoms with Crippen molar-refractivity contribution < 1.29 is 46.2 Å². The Hall–Kier alpha value is -3.47. The van der Waals surface area contributed by atoms with Crippen LogP contribution in [0, 0.1) is 29.8 Å². The Kier molecular flexibility index (Phi) is 9.05. The first-order chi connectivity index (χ1) is 21.1. The van der Waals surface area contributed by atoms with Crippen LogP contribution in [0.4, 0.5) is 22.0 Å². The lowest BCUT2D eigenvalue weighted by atomic mass is 9.89. The van der Waals surface area contributed by atoms with Crippen molar-refractivity contribution in [1.29, 1.82) is 0 Å². The van der Waals surface area contributed by atoms with Crippen LogP contribution in [0.2, 0.25) is 0 Å². The molecular formula is C29H32F5N5O5S. The molecule has 3 aliphatic rings. The van der Waals surface area contributed by atoms with E-state index < -0.39 is 71.0 Å². The summed E-state index contributed by atoms with van der Waals surface area (Å²) in [4.78, 5) is 40.8. The highest BCUT2D eigenvalue weighted by molar-refractivity contribution is 7.11. The van der Waals surface area contributed by atoms with E-state index in [0.717, 1.165) is 11.1 Å². The molecule has 45 heavy (non-hydrogen) atoms. The number of carbonyl (C=O) groups excluding carboxylic acids is 1. The van der Waals surface area contributed by atoms with Crippen LogP contribution in [0.5, 0.6) is 0 Å². The Labute approximate surface area is 259 Å². The van der Waals surface area contributed by atoms with Gasteiger partial charge in [0.2, 0.25) is 0 Å². The monoisotopic (exact) mass is 657 g/mol. The number of nitrogens with one attached hydrogen (secondary N) is 1. The zero-order valence-corrected chi connectivity index (χ0v) is 25.7. The molecule has 2 aromatic rings. The van der Waals surface area contributed by atoms with Gasteiger partial charge in [-0.3, -0.25) is 19.5 Å².